The Morgan fingerprint density at radius 1 is 1.30 bits per heavy atom. The van der Waals surface area contributed by atoms with E-state index >= 15 is 0 Å². The minimum absolute atomic E-state index is 0.183. The summed E-state index contributed by atoms with van der Waals surface area (Å²) in [6.07, 6.45) is 0. The number of carboxylic acids is 1. The minimum Gasteiger partial charge on any atom is -0.483 e. The van der Waals surface area contributed by atoms with Gasteiger partial charge in [-0.25, -0.2) is 4.79 Å². The molecule has 1 aromatic rings. The first-order valence-corrected chi connectivity index (χ1v) is 6.54. The Hall–Kier alpha value is -2.04. The summed E-state index contributed by atoms with van der Waals surface area (Å²) in [6.45, 7) is 7.16. The number of carboxylic acid groups (broad SMARTS) is 1. The second-order valence-electron chi connectivity index (χ2n) is 5.11. The SMILES string of the molecule is Cc1cccc(OCC(=O)NC(C(=O)O)C(C)C)c1C. The smallest absolute Gasteiger partial charge is 0.326 e. The lowest BCUT2D eigenvalue weighted by molar-refractivity contribution is -0.143. The standard InChI is InChI=1S/C15H21NO4/c1-9(2)14(15(18)19)16-13(17)8-20-12-7-5-6-10(3)11(12)4/h5-7,9,14H,8H2,1-4H3,(H,16,17)(H,18,19). The summed E-state index contributed by atoms with van der Waals surface area (Å²) in [5, 5.41) is 11.5. The van der Waals surface area contributed by atoms with Crippen LogP contribution in [-0.2, 0) is 9.59 Å². The quantitative estimate of drug-likeness (QED) is 0.834. The molecular weight excluding hydrogens is 258 g/mol. The third-order valence-electron chi connectivity index (χ3n) is 3.16. The van der Waals surface area contributed by atoms with E-state index in [1.807, 2.05) is 26.0 Å². The van der Waals surface area contributed by atoms with E-state index in [4.69, 9.17) is 9.84 Å². The lowest BCUT2D eigenvalue weighted by atomic mass is 10.1. The lowest BCUT2D eigenvalue weighted by Gasteiger charge is -2.18. The maximum Gasteiger partial charge on any atom is 0.326 e. The number of aliphatic carboxylic acids is 1. The topological polar surface area (TPSA) is 75.6 Å². The van der Waals surface area contributed by atoms with Crippen molar-refractivity contribution in [2.24, 2.45) is 5.92 Å². The van der Waals surface area contributed by atoms with Crippen molar-refractivity contribution < 1.29 is 19.4 Å². The fraction of sp³-hybridized carbons (Fsp3) is 0.467. The molecule has 1 aromatic carbocycles. The first-order valence-electron chi connectivity index (χ1n) is 6.54. The van der Waals surface area contributed by atoms with E-state index < -0.39 is 17.9 Å². The molecule has 2 N–H and O–H groups in total. The summed E-state index contributed by atoms with van der Waals surface area (Å²) in [6, 6.07) is 4.70. The highest BCUT2D eigenvalue weighted by atomic mass is 16.5. The second kappa shape index (κ2) is 6.93. The van der Waals surface area contributed by atoms with Gasteiger partial charge in [-0.15, -0.1) is 0 Å². The van der Waals surface area contributed by atoms with E-state index in [1.54, 1.807) is 19.9 Å². The third-order valence-corrected chi connectivity index (χ3v) is 3.16. The maximum absolute atomic E-state index is 11.7. The van der Waals surface area contributed by atoms with E-state index in [9.17, 15) is 9.59 Å². The van der Waals surface area contributed by atoms with Crippen LogP contribution in [0.2, 0.25) is 0 Å². The van der Waals surface area contributed by atoms with Crippen LogP contribution < -0.4 is 10.1 Å². The monoisotopic (exact) mass is 279 g/mol. The van der Waals surface area contributed by atoms with Crippen LogP contribution in [0.25, 0.3) is 0 Å². The molecule has 0 bridgehead atoms. The summed E-state index contributed by atoms with van der Waals surface area (Å²) < 4.78 is 5.43. The number of ether oxygens (including phenoxy) is 1. The second-order valence-corrected chi connectivity index (χ2v) is 5.11. The molecular formula is C15H21NO4. The van der Waals surface area contributed by atoms with Gasteiger partial charge >= 0.3 is 5.97 Å². The van der Waals surface area contributed by atoms with Crippen LogP contribution in [-0.4, -0.2) is 29.6 Å². The summed E-state index contributed by atoms with van der Waals surface area (Å²) in [4.78, 5) is 22.7. The Balaban J connectivity index is 2.59. The zero-order valence-corrected chi connectivity index (χ0v) is 12.3. The molecule has 0 heterocycles. The van der Waals surface area contributed by atoms with Crippen molar-refractivity contribution >= 4 is 11.9 Å². The minimum atomic E-state index is -1.04. The van der Waals surface area contributed by atoms with Crippen LogP contribution in [0, 0.1) is 19.8 Å². The highest BCUT2D eigenvalue weighted by Crippen LogP contribution is 2.20. The number of nitrogens with one attached hydrogen (secondary N) is 1. The van der Waals surface area contributed by atoms with E-state index in [-0.39, 0.29) is 12.5 Å². The van der Waals surface area contributed by atoms with Crippen LogP contribution in [0.3, 0.4) is 0 Å². The van der Waals surface area contributed by atoms with Gasteiger partial charge in [-0.1, -0.05) is 26.0 Å². The van der Waals surface area contributed by atoms with E-state index in [0.717, 1.165) is 11.1 Å². The Labute approximate surface area is 118 Å². The molecule has 0 aliphatic rings. The van der Waals surface area contributed by atoms with Crippen molar-refractivity contribution in [1.82, 2.24) is 5.32 Å². The largest absolute Gasteiger partial charge is 0.483 e. The highest BCUT2D eigenvalue weighted by Gasteiger charge is 2.23. The first kappa shape index (κ1) is 16.0. The predicted octanol–water partition coefficient (Wildman–Crippen LogP) is 1.91. The fourth-order valence-electron chi connectivity index (χ4n) is 1.75. The predicted molar refractivity (Wildman–Crippen MR) is 75.8 cm³/mol. The Kier molecular flexibility index (Phi) is 5.55. The summed E-state index contributed by atoms with van der Waals surface area (Å²) in [5.41, 5.74) is 2.05. The molecule has 110 valence electrons. The maximum atomic E-state index is 11.7. The molecule has 1 amide bonds. The number of aryl methyl sites for hydroxylation is 1. The molecule has 0 radical (unpaired) electrons. The molecule has 5 nitrogen and oxygen atoms in total. The summed E-state index contributed by atoms with van der Waals surface area (Å²) in [5.74, 6) is -1.03. The summed E-state index contributed by atoms with van der Waals surface area (Å²) >= 11 is 0. The average molecular weight is 279 g/mol. The zero-order valence-electron chi connectivity index (χ0n) is 12.3. The normalized spacial score (nSPS) is 12.1. The Morgan fingerprint density at radius 3 is 2.50 bits per heavy atom. The Bertz CT molecular complexity index is 497. The van der Waals surface area contributed by atoms with Gasteiger partial charge in [-0.2, -0.15) is 0 Å². The van der Waals surface area contributed by atoms with Gasteiger partial charge in [-0.3, -0.25) is 4.79 Å². The van der Waals surface area contributed by atoms with Crippen LogP contribution in [0.4, 0.5) is 0 Å². The van der Waals surface area contributed by atoms with Crippen molar-refractivity contribution in [1.29, 1.82) is 0 Å². The fourth-order valence-corrected chi connectivity index (χ4v) is 1.75. The highest BCUT2D eigenvalue weighted by molar-refractivity contribution is 5.84. The third kappa shape index (κ3) is 4.26. The van der Waals surface area contributed by atoms with Crippen LogP contribution in [0.15, 0.2) is 18.2 Å². The van der Waals surface area contributed by atoms with Gasteiger partial charge < -0.3 is 15.2 Å². The van der Waals surface area contributed by atoms with Gasteiger partial charge in [0.2, 0.25) is 0 Å². The van der Waals surface area contributed by atoms with Crippen LogP contribution in [0.1, 0.15) is 25.0 Å². The Morgan fingerprint density at radius 2 is 1.95 bits per heavy atom. The van der Waals surface area contributed by atoms with Gasteiger partial charge in [0.1, 0.15) is 11.8 Å². The molecule has 0 fully saturated rings. The molecule has 0 spiro atoms. The van der Waals surface area contributed by atoms with Gasteiger partial charge in [0.25, 0.3) is 5.91 Å². The van der Waals surface area contributed by atoms with E-state index in [0.29, 0.717) is 5.75 Å². The summed E-state index contributed by atoms with van der Waals surface area (Å²) in [7, 11) is 0. The average Bonchev–Trinajstić information content (AvgIpc) is 2.37. The molecule has 0 saturated carbocycles. The molecule has 0 aromatic heterocycles. The molecule has 1 unspecified atom stereocenters. The van der Waals surface area contributed by atoms with Crippen LogP contribution in [0.5, 0.6) is 5.75 Å². The molecule has 20 heavy (non-hydrogen) atoms. The van der Waals surface area contributed by atoms with Crippen molar-refractivity contribution in [3.8, 4) is 5.75 Å². The lowest BCUT2D eigenvalue weighted by Crippen LogP contribution is -2.46. The molecule has 0 saturated heterocycles. The van der Waals surface area contributed by atoms with Crippen molar-refractivity contribution in [2.75, 3.05) is 6.61 Å². The van der Waals surface area contributed by atoms with Crippen molar-refractivity contribution in [3.05, 3.63) is 29.3 Å². The molecule has 1 rings (SSSR count). The molecule has 1 atom stereocenters. The number of hydrogen-bond acceptors (Lipinski definition) is 3. The van der Waals surface area contributed by atoms with Gasteiger partial charge in [0.05, 0.1) is 0 Å². The number of hydrogen-bond donors (Lipinski definition) is 2. The van der Waals surface area contributed by atoms with Gasteiger partial charge in [0, 0.05) is 0 Å². The first-order chi connectivity index (χ1) is 9.32. The van der Waals surface area contributed by atoms with Crippen molar-refractivity contribution in [2.45, 2.75) is 33.7 Å². The molecule has 5 heteroatoms. The molecule has 0 aliphatic heterocycles. The van der Waals surface area contributed by atoms with E-state index in [1.165, 1.54) is 0 Å². The number of carbonyl (C=O) groups is 2. The van der Waals surface area contributed by atoms with E-state index in [2.05, 4.69) is 5.32 Å². The van der Waals surface area contributed by atoms with Crippen molar-refractivity contribution in [3.63, 3.8) is 0 Å². The number of benzene rings is 1. The van der Waals surface area contributed by atoms with Gasteiger partial charge in [0.15, 0.2) is 6.61 Å². The number of carbonyl (C=O) groups excluding carboxylic acids is 1. The van der Waals surface area contributed by atoms with Crippen LogP contribution >= 0.6 is 0 Å². The molecule has 0 aliphatic carbocycles. The number of amides is 1. The number of rotatable bonds is 6. The zero-order chi connectivity index (χ0) is 15.3. The van der Waals surface area contributed by atoms with Gasteiger partial charge in [-0.05, 0) is 37.0 Å².